The van der Waals surface area contributed by atoms with Crippen molar-refractivity contribution < 1.29 is 33.7 Å². The summed E-state index contributed by atoms with van der Waals surface area (Å²) in [6.07, 6.45) is 1.66. The number of carboxylic acid groups (broad SMARTS) is 1. The predicted octanol–water partition coefficient (Wildman–Crippen LogP) is 4.62. The van der Waals surface area contributed by atoms with Gasteiger partial charge in [-0.3, -0.25) is 9.59 Å². The molecule has 0 atom stereocenters. The zero-order valence-electron chi connectivity index (χ0n) is 21.6. The fourth-order valence-corrected chi connectivity index (χ4v) is 3.83. The number of hydrogen-bond acceptors (Lipinski definition) is 7. The number of carboxylic acids is 1. The van der Waals surface area contributed by atoms with Crippen LogP contribution in [0.4, 0.5) is 11.4 Å². The van der Waals surface area contributed by atoms with Crippen molar-refractivity contribution in [3.05, 3.63) is 83.4 Å². The van der Waals surface area contributed by atoms with Crippen LogP contribution in [0.3, 0.4) is 0 Å². The molecule has 0 spiro atoms. The van der Waals surface area contributed by atoms with Crippen molar-refractivity contribution in [3.63, 3.8) is 0 Å². The first kappa shape index (κ1) is 26.9. The van der Waals surface area contributed by atoms with Crippen LogP contribution in [0.1, 0.15) is 29.8 Å². The third kappa shape index (κ3) is 6.42. The van der Waals surface area contributed by atoms with Crippen LogP contribution in [0.15, 0.2) is 77.4 Å². The van der Waals surface area contributed by atoms with Gasteiger partial charge in [-0.2, -0.15) is 10.1 Å². The maximum atomic E-state index is 13.1. The summed E-state index contributed by atoms with van der Waals surface area (Å²) < 4.78 is 16.5. The number of rotatable bonds is 10. The molecular formula is C29H27N3O7. The van der Waals surface area contributed by atoms with Gasteiger partial charge >= 0.3 is 5.97 Å². The molecule has 0 radical (unpaired) electrons. The summed E-state index contributed by atoms with van der Waals surface area (Å²) >= 11 is 0. The molecule has 3 aromatic rings. The molecule has 39 heavy (non-hydrogen) atoms. The number of hydrazone groups is 1. The molecule has 0 unspecified atom stereocenters. The number of ether oxygens (including phenoxy) is 3. The van der Waals surface area contributed by atoms with Gasteiger partial charge in [-0.1, -0.05) is 12.1 Å². The maximum Gasteiger partial charge on any atom is 0.335 e. The van der Waals surface area contributed by atoms with Crippen LogP contribution in [-0.4, -0.2) is 48.9 Å². The quantitative estimate of drug-likeness (QED) is 0.367. The van der Waals surface area contributed by atoms with Gasteiger partial charge in [-0.25, -0.2) is 4.79 Å². The highest BCUT2D eigenvalue weighted by atomic mass is 16.5. The number of amides is 2. The molecule has 2 amide bonds. The lowest BCUT2D eigenvalue weighted by Gasteiger charge is -2.13. The minimum atomic E-state index is -1.09. The minimum absolute atomic E-state index is 0.0547. The standard InChI is InChI=1S/C29H27N3O7/c1-4-38-23-11-9-21(10-12-23)30-27(33)17-39-25-13-8-19(15-26(25)37-3)14-24-18(2)31-32(28(24)34)22-7-5-6-20(16-22)29(35)36/h5-16H,4,17H2,1-3H3,(H,30,33)(H,35,36). The number of anilines is 2. The van der Waals surface area contributed by atoms with Crippen LogP contribution in [0.5, 0.6) is 17.2 Å². The summed E-state index contributed by atoms with van der Waals surface area (Å²) in [5, 5.41) is 17.5. The van der Waals surface area contributed by atoms with E-state index in [0.29, 0.717) is 52.1 Å². The van der Waals surface area contributed by atoms with Gasteiger partial charge in [-0.05, 0) is 80.1 Å². The van der Waals surface area contributed by atoms with Crippen LogP contribution in [0.2, 0.25) is 0 Å². The number of carbonyl (C=O) groups excluding carboxylic acids is 2. The molecule has 0 aromatic heterocycles. The normalized spacial score (nSPS) is 13.7. The number of carbonyl (C=O) groups is 3. The van der Waals surface area contributed by atoms with Crippen molar-refractivity contribution in [2.75, 3.05) is 30.6 Å². The fourth-order valence-electron chi connectivity index (χ4n) is 3.83. The Morgan fingerprint density at radius 1 is 1.03 bits per heavy atom. The molecule has 1 aliphatic heterocycles. The van der Waals surface area contributed by atoms with E-state index in [1.54, 1.807) is 67.6 Å². The number of aromatic carboxylic acids is 1. The van der Waals surface area contributed by atoms with E-state index < -0.39 is 5.97 Å². The summed E-state index contributed by atoms with van der Waals surface area (Å²) in [6.45, 7) is 3.91. The maximum absolute atomic E-state index is 13.1. The number of benzene rings is 3. The van der Waals surface area contributed by atoms with Gasteiger partial charge in [0.05, 0.1) is 36.3 Å². The van der Waals surface area contributed by atoms with Gasteiger partial charge in [0.2, 0.25) is 0 Å². The molecule has 10 nitrogen and oxygen atoms in total. The minimum Gasteiger partial charge on any atom is -0.494 e. The first-order valence-corrected chi connectivity index (χ1v) is 12.1. The molecule has 2 N–H and O–H groups in total. The number of methoxy groups -OCH3 is 1. The molecule has 0 aliphatic carbocycles. The van der Waals surface area contributed by atoms with E-state index in [4.69, 9.17) is 14.2 Å². The highest BCUT2D eigenvalue weighted by molar-refractivity contribution is 6.32. The molecule has 0 fully saturated rings. The van der Waals surface area contributed by atoms with Crippen molar-refractivity contribution in [1.29, 1.82) is 0 Å². The van der Waals surface area contributed by atoms with Gasteiger partial charge in [0, 0.05) is 5.69 Å². The molecule has 0 saturated carbocycles. The highest BCUT2D eigenvalue weighted by Crippen LogP contribution is 2.31. The van der Waals surface area contributed by atoms with Crippen molar-refractivity contribution >= 4 is 40.9 Å². The second kappa shape index (κ2) is 12.0. The molecule has 1 heterocycles. The van der Waals surface area contributed by atoms with E-state index >= 15 is 0 Å². The Morgan fingerprint density at radius 3 is 2.49 bits per heavy atom. The third-order valence-electron chi connectivity index (χ3n) is 5.71. The summed E-state index contributed by atoms with van der Waals surface area (Å²) in [4.78, 5) is 36.8. The largest absolute Gasteiger partial charge is 0.494 e. The van der Waals surface area contributed by atoms with E-state index in [2.05, 4.69) is 10.4 Å². The first-order valence-electron chi connectivity index (χ1n) is 12.1. The van der Waals surface area contributed by atoms with Gasteiger partial charge in [0.15, 0.2) is 18.1 Å². The van der Waals surface area contributed by atoms with Crippen molar-refractivity contribution in [2.45, 2.75) is 13.8 Å². The molecule has 10 heteroatoms. The summed E-state index contributed by atoms with van der Waals surface area (Å²) in [5.41, 5.74) is 2.50. The Hall–Kier alpha value is -5.12. The van der Waals surface area contributed by atoms with E-state index in [-0.39, 0.29) is 24.0 Å². The second-order valence-electron chi connectivity index (χ2n) is 8.42. The molecule has 200 valence electrons. The fraction of sp³-hybridized carbons (Fsp3) is 0.172. The van der Waals surface area contributed by atoms with Crippen molar-refractivity contribution in [2.24, 2.45) is 5.10 Å². The number of nitrogens with zero attached hydrogens (tertiary/aromatic N) is 2. The SMILES string of the molecule is CCOc1ccc(NC(=O)COc2ccc(C=C3C(=O)N(c4cccc(C(=O)O)c4)N=C3C)cc2OC)cc1. The average molecular weight is 530 g/mol. The van der Waals surface area contributed by atoms with E-state index in [1.165, 1.54) is 24.3 Å². The lowest BCUT2D eigenvalue weighted by molar-refractivity contribution is -0.118. The van der Waals surface area contributed by atoms with Crippen LogP contribution in [0, 0.1) is 0 Å². The molecule has 3 aromatic carbocycles. The second-order valence-corrected chi connectivity index (χ2v) is 8.42. The van der Waals surface area contributed by atoms with Gasteiger partial charge in [0.25, 0.3) is 11.8 Å². The Bertz CT molecular complexity index is 1460. The van der Waals surface area contributed by atoms with E-state index in [0.717, 1.165) is 0 Å². The van der Waals surface area contributed by atoms with Crippen LogP contribution in [-0.2, 0) is 9.59 Å². The Morgan fingerprint density at radius 2 is 1.79 bits per heavy atom. The molecular weight excluding hydrogens is 502 g/mol. The summed E-state index contributed by atoms with van der Waals surface area (Å²) in [6, 6.07) is 18.1. The zero-order chi connectivity index (χ0) is 27.9. The summed E-state index contributed by atoms with van der Waals surface area (Å²) in [7, 11) is 1.48. The lowest BCUT2D eigenvalue weighted by Crippen LogP contribution is -2.21. The molecule has 4 rings (SSSR count). The number of nitrogens with one attached hydrogen (secondary N) is 1. The van der Waals surface area contributed by atoms with Gasteiger partial charge in [0.1, 0.15) is 5.75 Å². The molecule has 1 aliphatic rings. The average Bonchev–Trinajstić information content (AvgIpc) is 3.22. The Kier molecular flexibility index (Phi) is 8.25. The van der Waals surface area contributed by atoms with Crippen molar-refractivity contribution in [3.8, 4) is 17.2 Å². The molecule has 0 saturated heterocycles. The molecule has 0 bridgehead atoms. The predicted molar refractivity (Wildman–Crippen MR) is 147 cm³/mol. The summed E-state index contributed by atoms with van der Waals surface area (Å²) in [5.74, 6) is -0.375. The van der Waals surface area contributed by atoms with Crippen LogP contribution in [0.25, 0.3) is 6.08 Å². The first-order chi connectivity index (χ1) is 18.8. The smallest absolute Gasteiger partial charge is 0.335 e. The van der Waals surface area contributed by atoms with Crippen molar-refractivity contribution in [1.82, 2.24) is 0 Å². The van der Waals surface area contributed by atoms with E-state index in [9.17, 15) is 19.5 Å². The monoisotopic (exact) mass is 529 g/mol. The van der Waals surface area contributed by atoms with Gasteiger partial charge < -0.3 is 24.6 Å². The third-order valence-corrected chi connectivity index (χ3v) is 5.71. The zero-order valence-corrected chi connectivity index (χ0v) is 21.6. The number of hydrogen-bond donors (Lipinski definition) is 2. The lowest BCUT2D eigenvalue weighted by atomic mass is 10.1. The van der Waals surface area contributed by atoms with Gasteiger partial charge in [-0.15, -0.1) is 0 Å². The highest BCUT2D eigenvalue weighted by Gasteiger charge is 2.29. The Labute approximate surface area is 225 Å². The van der Waals surface area contributed by atoms with Crippen LogP contribution >= 0.6 is 0 Å². The Balaban J connectivity index is 1.43. The van der Waals surface area contributed by atoms with Crippen LogP contribution < -0.4 is 24.5 Å². The topological polar surface area (TPSA) is 127 Å². The van der Waals surface area contributed by atoms with E-state index in [1.807, 2.05) is 6.92 Å².